The van der Waals surface area contributed by atoms with E-state index in [0.29, 0.717) is 13.2 Å². The molecule has 0 saturated carbocycles. The first-order valence-electron chi connectivity index (χ1n) is 6.64. The first-order chi connectivity index (χ1) is 8.17. The Kier molecular flexibility index (Phi) is 14.8. The van der Waals surface area contributed by atoms with Crippen molar-refractivity contribution < 1.29 is 9.53 Å². The van der Waals surface area contributed by atoms with Gasteiger partial charge in [0, 0.05) is 13.7 Å². The number of methoxy groups -OCH3 is 1. The minimum atomic E-state index is -0.0122. The smallest absolute Gasteiger partial charge is 0.237 e. The maximum atomic E-state index is 11.8. The molecular formula is C13H30N2O2. The number of hydrogen-bond acceptors (Lipinski definition) is 3. The third-order valence-electron chi connectivity index (χ3n) is 2.40. The molecule has 0 aromatic carbocycles. The van der Waals surface area contributed by atoms with Gasteiger partial charge in [0.15, 0.2) is 0 Å². The third kappa shape index (κ3) is 9.12. The largest absolute Gasteiger partial charge is 0.383 e. The van der Waals surface area contributed by atoms with Gasteiger partial charge in [-0.15, -0.1) is 0 Å². The summed E-state index contributed by atoms with van der Waals surface area (Å²) in [6, 6.07) is -0.0122. The van der Waals surface area contributed by atoms with Gasteiger partial charge in [0.05, 0.1) is 12.6 Å². The highest BCUT2D eigenvalue weighted by atomic mass is 16.5. The van der Waals surface area contributed by atoms with Crippen LogP contribution in [0.5, 0.6) is 0 Å². The van der Waals surface area contributed by atoms with Crippen LogP contribution in [0, 0.1) is 0 Å². The second-order valence-electron chi connectivity index (χ2n) is 3.69. The van der Waals surface area contributed by atoms with Gasteiger partial charge in [-0.3, -0.25) is 9.69 Å². The highest BCUT2D eigenvalue weighted by Gasteiger charge is 2.19. The van der Waals surface area contributed by atoms with Crippen LogP contribution in [0.25, 0.3) is 0 Å². The van der Waals surface area contributed by atoms with Gasteiger partial charge in [-0.1, -0.05) is 27.7 Å². The molecule has 1 N–H and O–H groups in total. The minimum absolute atomic E-state index is 0.0122. The standard InChI is InChI=1S/C11H24N2O2.C2H6/c1-5-8-13(3)10(6-2)11(14)12-7-9-15-4;1-2/h10H,5-9H2,1-4H3,(H,12,14);1-2H3. The van der Waals surface area contributed by atoms with Crippen molar-refractivity contribution in [2.24, 2.45) is 0 Å². The summed E-state index contributed by atoms with van der Waals surface area (Å²) in [5.41, 5.74) is 0. The van der Waals surface area contributed by atoms with Gasteiger partial charge in [-0.05, 0) is 26.4 Å². The number of nitrogens with zero attached hydrogens (tertiary/aromatic N) is 1. The molecule has 0 aliphatic rings. The van der Waals surface area contributed by atoms with Crippen LogP contribution in [0.15, 0.2) is 0 Å². The average molecular weight is 246 g/mol. The Morgan fingerprint density at radius 2 is 1.94 bits per heavy atom. The Labute approximate surface area is 107 Å². The summed E-state index contributed by atoms with van der Waals surface area (Å²) >= 11 is 0. The average Bonchev–Trinajstić information content (AvgIpc) is 2.33. The van der Waals surface area contributed by atoms with Gasteiger partial charge in [0.1, 0.15) is 0 Å². The first kappa shape index (κ1) is 18.7. The van der Waals surface area contributed by atoms with E-state index in [-0.39, 0.29) is 11.9 Å². The van der Waals surface area contributed by atoms with Gasteiger partial charge in [-0.2, -0.15) is 0 Å². The number of ether oxygens (including phenoxy) is 1. The van der Waals surface area contributed by atoms with E-state index in [9.17, 15) is 4.79 Å². The van der Waals surface area contributed by atoms with E-state index in [1.807, 2.05) is 27.8 Å². The Balaban J connectivity index is 0. The fourth-order valence-corrected chi connectivity index (χ4v) is 1.60. The van der Waals surface area contributed by atoms with Crippen LogP contribution in [0.1, 0.15) is 40.5 Å². The number of hydrogen-bond donors (Lipinski definition) is 1. The SMILES string of the molecule is CC.CCCN(C)C(CC)C(=O)NCCOC. The van der Waals surface area contributed by atoms with Gasteiger partial charge < -0.3 is 10.1 Å². The summed E-state index contributed by atoms with van der Waals surface area (Å²) in [4.78, 5) is 13.9. The molecule has 0 aliphatic heterocycles. The Morgan fingerprint density at radius 3 is 2.35 bits per heavy atom. The number of rotatable bonds is 8. The predicted molar refractivity (Wildman–Crippen MR) is 73.2 cm³/mol. The van der Waals surface area contributed by atoms with Crippen LogP contribution in [-0.4, -0.2) is 50.7 Å². The van der Waals surface area contributed by atoms with Crippen molar-refractivity contribution in [2.45, 2.75) is 46.6 Å². The van der Waals surface area contributed by atoms with Crippen LogP contribution in [-0.2, 0) is 9.53 Å². The molecule has 1 atom stereocenters. The molecule has 0 fully saturated rings. The summed E-state index contributed by atoms with van der Waals surface area (Å²) in [5.74, 6) is 0.102. The molecule has 4 nitrogen and oxygen atoms in total. The number of carbonyl (C=O) groups is 1. The molecule has 0 aromatic rings. The second-order valence-corrected chi connectivity index (χ2v) is 3.69. The molecule has 0 bridgehead atoms. The van der Waals surface area contributed by atoms with Crippen LogP contribution in [0.3, 0.4) is 0 Å². The zero-order valence-electron chi connectivity index (χ0n) is 12.4. The van der Waals surface area contributed by atoms with E-state index in [1.165, 1.54) is 0 Å². The molecular weight excluding hydrogens is 216 g/mol. The summed E-state index contributed by atoms with van der Waals surface area (Å²) in [6.07, 6.45) is 1.91. The lowest BCUT2D eigenvalue weighted by molar-refractivity contribution is -0.126. The fourth-order valence-electron chi connectivity index (χ4n) is 1.60. The Bertz CT molecular complexity index is 175. The number of likely N-dealkylation sites (N-methyl/N-ethyl adjacent to an activating group) is 1. The van der Waals surface area contributed by atoms with Crippen LogP contribution in [0.4, 0.5) is 0 Å². The summed E-state index contributed by atoms with van der Waals surface area (Å²) in [7, 11) is 3.63. The van der Waals surface area contributed by atoms with E-state index in [2.05, 4.69) is 17.1 Å². The zero-order valence-corrected chi connectivity index (χ0v) is 12.4. The summed E-state index contributed by atoms with van der Waals surface area (Å²) in [5, 5.41) is 2.87. The molecule has 0 spiro atoms. The van der Waals surface area contributed by atoms with Crippen molar-refractivity contribution >= 4 is 5.91 Å². The van der Waals surface area contributed by atoms with Crippen LogP contribution >= 0.6 is 0 Å². The van der Waals surface area contributed by atoms with E-state index < -0.39 is 0 Å². The first-order valence-corrected chi connectivity index (χ1v) is 6.64. The molecule has 104 valence electrons. The molecule has 4 heteroatoms. The molecule has 0 aliphatic carbocycles. The van der Waals surface area contributed by atoms with E-state index in [0.717, 1.165) is 19.4 Å². The zero-order chi connectivity index (χ0) is 13.7. The number of nitrogens with one attached hydrogen (secondary N) is 1. The molecule has 0 radical (unpaired) electrons. The highest BCUT2D eigenvalue weighted by molar-refractivity contribution is 5.81. The molecule has 17 heavy (non-hydrogen) atoms. The lowest BCUT2D eigenvalue weighted by Crippen LogP contribution is -2.45. The second kappa shape index (κ2) is 13.5. The van der Waals surface area contributed by atoms with E-state index in [1.54, 1.807) is 7.11 Å². The predicted octanol–water partition coefficient (Wildman–Crippen LogP) is 1.90. The maximum absolute atomic E-state index is 11.8. The van der Waals surface area contributed by atoms with E-state index >= 15 is 0 Å². The van der Waals surface area contributed by atoms with Gasteiger partial charge in [0.25, 0.3) is 0 Å². The van der Waals surface area contributed by atoms with Crippen molar-refractivity contribution in [1.29, 1.82) is 0 Å². The summed E-state index contributed by atoms with van der Waals surface area (Å²) < 4.78 is 4.89. The van der Waals surface area contributed by atoms with Crippen molar-refractivity contribution in [3.63, 3.8) is 0 Å². The summed E-state index contributed by atoms with van der Waals surface area (Å²) in [6.45, 7) is 10.3. The van der Waals surface area contributed by atoms with Gasteiger partial charge >= 0.3 is 0 Å². The van der Waals surface area contributed by atoms with Crippen LogP contribution < -0.4 is 5.32 Å². The Morgan fingerprint density at radius 1 is 1.35 bits per heavy atom. The lowest BCUT2D eigenvalue weighted by Gasteiger charge is -2.25. The van der Waals surface area contributed by atoms with Gasteiger partial charge in [0.2, 0.25) is 5.91 Å². The Hall–Kier alpha value is -0.610. The normalized spacial score (nSPS) is 11.7. The van der Waals surface area contributed by atoms with Crippen molar-refractivity contribution in [3.05, 3.63) is 0 Å². The monoisotopic (exact) mass is 246 g/mol. The molecule has 0 saturated heterocycles. The quantitative estimate of drug-likeness (QED) is 0.665. The molecule has 0 aromatic heterocycles. The van der Waals surface area contributed by atoms with E-state index in [4.69, 9.17) is 4.74 Å². The molecule has 1 unspecified atom stereocenters. The lowest BCUT2D eigenvalue weighted by atomic mass is 10.2. The number of amides is 1. The topological polar surface area (TPSA) is 41.6 Å². The van der Waals surface area contributed by atoms with Gasteiger partial charge in [-0.25, -0.2) is 0 Å². The van der Waals surface area contributed by atoms with Crippen molar-refractivity contribution in [2.75, 3.05) is 33.9 Å². The van der Waals surface area contributed by atoms with Crippen molar-refractivity contribution in [1.82, 2.24) is 10.2 Å². The maximum Gasteiger partial charge on any atom is 0.237 e. The molecule has 1 amide bonds. The number of carbonyl (C=O) groups excluding carboxylic acids is 1. The minimum Gasteiger partial charge on any atom is -0.383 e. The fraction of sp³-hybridized carbons (Fsp3) is 0.923. The molecule has 0 heterocycles. The molecule has 0 rings (SSSR count). The third-order valence-corrected chi connectivity index (χ3v) is 2.40. The van der Waals surface area contributed by atoms with Crippen molar-refractivity contribution in [3.8, 4) is 0 Å². The van der Waals surface area contributed by atoms with Crippen LogP contribution in [0.2, 0.25) is 0 Å². The highest BCUT2D eigenvalue weighted by Crippen LogP contribution is 2.02.